The fraction of sp³-hybridized carbons (Fsp3) is 0.706. The first-order valence-corrected chi connectivity index (χ1v) is 8.44. The van der Waals surface area contributed by atoms with Crippen LogP contribution in [0.5, 0.6) is 0 Å². The Morgan fingerprint density at radius 3 is 2.38 bits per heavy atom. The summed E-state index contributed by atoms with van der Waals surface area (Å²) in [6.45, 7) is 6.91. The molecule has 2 aliphatic heterocycles. The predicted molar refractivity (Wildman–Crippen MR) is 87.5 cm³/mol. The molecule has 0 bridgehead atoms. The van der Waals surface area contributed by atoms with Gasteiger partial charge in [-0.25, -0.2) is 0 Å². The molecule has 4 nitrogen and oxygen atoms in total. The molecular formula is C17H28N4. The Kier molecular flexibility index (Phi) is 4.76. The van der Waals surface area contributed by atoms with Crippen molar-refractivity contribution in [1.82, 2.24) is 9.88 Å². The minimum Gasteiger partial charge on any atom is -0.370 e. The van der Waals surface area contributed by atoms with Crippen molar-refractivity contribution in [3.8, 4) is 0 Å². The zero-order valence-corrected chi connectivity index (χ0v) is 13.2. The van der Waals surface area contributed by atoms with Gasteiger partial charge in [-0.1, -0.05) is 6.42 Å². The minimum atomic E-state index is 0.0175. The third-order valence-electron chi connectivity index (χ3n) is 4.97. The van der Waals surface area contributed by atoms with E-state index < -0.39 is 0 Å². The van der Waals surface area contributed by atoms with Crippen molar-refractivity contribution in [1.29, 1.82) is 0 Å². The number of anilines is 1. The van der Waals surface area contributed by atoms with Gasteiger partial charge in [-0.15, -0.1) is 0 Å². The van der Waals surface area contributed by atoms with Gasteiger partial charge in [-0.3, -0.25) is 4.98 Å². The van der Waals surface area contributed by atoms with Crippen LogP contribution in [0.3, 0.4) is 0 Å². The average Bonchev–Trinajstić information content (AvgIpc) is 2.56. The van der Waals surface area contributed by atoms with Gasteiger partial charge in [0, 0.05) is 25.2 Å². The van der Waals surface area contributed by atoms with Crippen molar-refractivity contribution >= 4 is 5.69 Å². The number of pyridine rings is 1. The molecule has 3 rings (SSSR count). The number of rotatable bonds is 3. The second kappa shape index (κ2) is 6.75. The number of hydrogen-bond acceptors (Lipinski definition) is 4. The van der Waals surface area contributed by atoms with Gasteiger partial charge in [0.05, 0.1) is 17.6 Å². The molecule has 0 saturated carbocycles. The second-order valence-electron chi connectivity index (χ2n) is 6.54. The third kappa shape index (κ3) is 3.55. The third-order valence-corrected chi connectivity index (χ3v) is 4.97. The summed E-state index contributed by atoms with van der Waals surface area (Å²) in [5, 5.41) is 0. The maximum Gasteiger partial charge on any atom is 0.0569 e. The molecule has 0 spiro atoms. The SMILES string of the molecule is C[C@H](N)c1ccc(N2CCC(N3CCCCC3)CC2)cn1. The highest BCUT2D eigenvalue weighted by molar-refractivity contribution is 5.45. The molecule has 2 aliphatic rings. The summed E-state index contributed by atoms with van der Waals surface area (Å²) >= 11 is 0. The number of likely N-dealkylation sites (tertiary alicyclic amines) is 1. The van der Waals surface area contributed by atoms with Crippen LogP contribution in [0.2, 0.25) is 0 Å². The van der Waals surface area contributed by atoms with E-state index >= 15 is 0 Å². The quantitative estimate of drug-likeness (QED) is 0.928. The van der Waals surface area contributed by atoms with Crippen LogP contribution in [0.4, 0.5) is 5.69 Å². The smallest absolute Gasteiger partial charge is 0.0569 e. The van der Waals surface area contributed by atoms with E-state index in [1.165, 1.54) is 50.9 Å². The van der Waals surface area contributed by atoms with Gasteiger partial charge in [0.15, 0.2) is 0 Å². The van der Waals surface area contributed by atoms with Gasteiger partial charge in [0.1, 0.15) is 0 Å². The van der Waals surface area contributed by atoms with Gasteiger partial charge < -0.3 is 15.5 Å². The Morgan fingerprint density at radius 2 is 1.81 bits per heavy atom. The average molecular weight is 288 g/mol. The van der Waals surface area contributed by atoms with Crippen LogP contribution >= 0.6 is 0 Å². The van der Waals surface area contributed by atoms with Crippen molar-refractivity contribution in [3.05, 3.63) is 24.0 Å². The van der Waals surface area contributed by atoms with Crippen LogP contribution in [-0.4, -0.2) is 42.1 Å². The highest BCUT2D eigenvalue weighted by Crippen LogP contribution is 2.24. The lowest BCUT2D eigenvalue weighted by molar-refractivity contribution is 0.141. The molecule has 21 heavy (non-hydrogen) atoms. The van der Waals surface area contributed by atoms with Crippen molar-refractivity contribution in [2.75, 3.05) is 31.1 Å². The van der Waals surface area contributed by atoms with Gasteiger partial charge in [0.25, 0.3) is 0 Å². The molecule has 1 atom stereocenters. The minimum absolute atomic E-state index is 0.0175. The molecule has 0 amide bonds. The van der Waals surface area contributed by atoms with E-state index in [9.17, 15) is 0 Å². The highest BCUT2D eigenvalue weighted by atomic mass is 15.2. The van der Waals surface area contributed by atoms with Gasteiger partial charge in [-0.05, 0) is 57.8 Å². The molecule has 1 aromatic heterocycles. The first kappa shape index (κ1) is 14.8. The first-order valence-electron chi connectivity index (χ1n) is 8.44. The summed E-state index contributed by atoms with van der Waals surface area (Å²) < 4.78 is 0. The standard InChI is InChI=1S/C17H28N4/c1-14(18)17-6-5-16(13-19-17)21-11-7-15(8-12-21)20-9-3-2-4-10-20/h5-6,13-15H,2-4,7-12,18H2,1H3/t14-/m0/s1. The van der Waals surface area contributed by atoms with E-state index in [4.69, 9.17) is 5.73 Å². The normalized spacial score (nSPS) is 23.2. The zero-order valence-electron chi connectivity index (χ0n) is 13.2. The lowest BCUT2D eigenvalue weighted by atomic mass is 9.99. The number of nitrogens with two attached hydrogens (primary N) is 1. The molecule has 1 aromatic rings. The molecule has 2 N–H and O–H groups in total. The van der Waals surface area contributed by atoms with E-state index in [2.05, 4.69) is 26.9 Å². The summed E-state index contributed by atoms with van der Waals surface area (Å²) in [7, 11) is 0. The van der Waals surface area contributed by atoms with Crippen LogP contribution < -0.4 is 10.6 Å². The molecule has 0 unspecified atom stereocenters. The Bertz CT molecular complexity index is 429. The van der Waals surface area contributed by atoms with Crippen LogP contribution in [0.15, 0.2) is 18.3 Å². The zero-order chi connectivity index (χ0) is 14.7. The molecule has 3 heterocycles. The van der Waals surface area contributed by atoms with Crippen molar-refractivity contribution in [2.45, 2.75) is 51.1 Å². The van der Waals surface area contributed by atoms with E-state index in [1.807, 2.05) is 13.1 Å². The Morgan fingerprint density at radius 1 is 1.10 bits per heavy atom. The maximum absolute atomic E-state index is 5.86. The molecule has 4 heteroatoms. The number of nitrogens with zero attached hydrogens (tertiary/aromatic N) is 3. The molecule has 2 saturated heterocycles. The number of hydrogen-bond donors (Lipinski definition) is 1. The second-order valence-corrected chi connectivity index (χ2v) is 6.54. The van der Waals surface area contributed by atoms with Crippen molar-refractivity contribution in [3.63, 3.8) is 0 Å². The molecule has 0 radical (unpaired) electrons. The van der Waals surface area contributed by atoms with Crippen molar-refractivity contribution in [2.24, 2.45) is 5.73 Å². The van der Waals surface area contributed by atoms with Crippen LogP contribution in [0.1, 0.15) is 50.8 Å². The molecule has 0 aliphatic carbocycles. The molecular weight excluding hydrogens is 260 g/mol. The lowest BCUT2D eigenvalue weighted by Gasteiger charge is -2.40. The van der Waals surface area contributed by atoms with E-state index in [0.717, 1.165) is 24.8 Å². The maximum atomic E-state index is 5.86. The lowest BCUT2D eigenvalue weighted by Crippen LogP contribution is -2.46. The summed E-state index contributed by atoms with van der Waals surface area (Å²) in [5.74, 6) is 0. The monoisotopic (exact) mass is 288 g/mol. The van der Waals surface area contributed by atoms with Crippen LogP contribution in [0, 0.1) is 0 Å². The predicted octanol–water partition coefficient (Wildman–Crippen LogP) is 2.56. The van der Waals surface area contributed by atoms with Gasteiger partial charge in [-0.2, -0.15) is 0 Å². The topological polar surface area (TPSA) is 45.4 Å². The van der Waals surface area contributed by atoms with Crippen LogP contribution in [0.25, 0.3) is 0 Å². The molecule has 116 valence electrons. The first-order chi connectivity index (χ1) is 10.2. The summed E-state index contributed by atoms with van der Waals surface area (Å²) in [6.07, 6.45) is 8.77. The van der Waals surface area contributed by atoms with Gasteiger partial charge >= 0.3 is 0 Å². The van der Waals surface area contributed by atoms with Crippen LogP contribution in [-0.2, 0) is 0 Å². The summed E-state index contributed by atoms with van der Waals surface area (Å²) in [4.78, 5) is 9.68. The fourth-order valence-corrected chi connectivity index (χ4v) is 3.63. The number of piperidine rings is 2. The molecule has 0 aromatic carbocycles. The summed E-state index contributed by atoms with van der Waals surface area (Å²) in [6, 6.07) is 5.06. The molecule has 2 fully saturated rings. The fourth-order valence-electron chi connectivity index (χ4n) is 3.63. The van der Waals surface area contributed by atoms with Gasteiger partial charge in [0.2, 0.25) is 0 Å². The van der Waals surface area contributed by atoms with E-state index in [-0.39, 0.29) is 6.04 Å². The Hall–Kier alpha value is -1.13. The Labute approximate surface area is 128 Å². The Balaban J connectivity index is 1.55. The largest absolute Gasteiger partial charge is 0.370 e. The number of aromatic nitrogens is 1. The van der Waals surface area contributed by atoms with E-state index in [0.29, 0.717) is 0 Å². The van der Waals surface area contributed by atoms with Crippen molar-refractivity contribution < 1.29 is 0 Å². The summed E-state index contributed by atoms with van der Waals surface area (Å²) in [5.41, 5.74) is 8.08. The highest BCUT2D eigenvalue weighted by Gasteiger charge is 2.25. The van der Waals surface area contributed by atoms with E-state index in [1.54, 1.807) is 0 Å².